The molecule has 2 aliphatic heterocycles. The van der Waals surface area contributed by atoms with Gasteiger partial charge in [0.25, 0.3) is 0 Å². The van der Waals surface area contributed by atoms with E-state index in [4.69, 9.17) is 14.2 Å². The van der Waals surface area contributed by atoms with Gasteiger partial charge in [0.15, 0.2) is 0 Å². The average Bonchev–Trinajstić information content (AvgIpc) is 2.94. The summed E-state index contributed by atoms with van der Waals surface area (Å²) in [6.07, 6.45) is 3.31. The standard InChI is InChI=1S/C30H37N5O5S/c1-30(2,3)40-29(37)34-24(13-18-11-12-31-23-8-7-21(38-4)14-22(18)23)25-9-5-20(16-39-25)32-15-19-6-10-26-28(33-19)35-27(36)17-41-26/h6-8,10-12,14,20,24-25,32H,5,9,13,15-17H2,1-4H3,(H,34,37)(H,33,35,36)/t20-,24?,25+/m1/s1. The topological polar surface area (TPSA) is 124 Å². The fourth-order valence-corrected chi connectivity index (χ4v) is 5.82. The number of methoxy groups -OCH3 is 1. The van der Waals surface area contributed by atoms with Crippen molar-refractivity contribution in [2.75, 3.05) is 24.8 Å². The molecule has 1 fully saturated rings. The van der Waals surface area contributed by atoms with Crippen LogP contribution >= 0.6 is 11.8 Å². The van der Waals surface area contributed by atoms with Crippen LogP contribution in [-0.4, -0.2) is 65.2 Å². The maximum atomic E-state index is 12.8. The number of anilines is 1. The van der Waals surface area contributed by atoms with Crippen molar-refractivity contribution >= 4 is 40.5 Å². The number of pyridine rings is 2. The predicted molar refractivity (Wildman–Crippen MR) is 158 cm³/mol. The minimum Gasteiger partial charge on any atom is -0.497 e. The highest BCUT2D eigenvalue weighted by molar-refractivity contribution is 8.00. The summed E-state index contributed by atoms with van der Waals surface area (Å²) in [6.45, 7) is 6.61. The number of hydrogen-bond donors (Lipinski definition) is 3. The number of nitrogens with one attached hydrogen (secondary N) is 3. The molecule has 2 amide bonds. The molecule has 10 nitrogen and oxygen atoms in total. The van der Waals surface area contributed by atoms with Crippen LogP contribution in [0.1, 0.15) is 44.9 Å². The molecule has 1 saturated heterocycles. The van der Waals surface area contributed by atoms with Crippen molar-refractivity contribution in [1.82, 2.24) is 20.6 Å². The molecule has 218 valence electrons. The number of aromatic nitrogens is 2. The van der Waals surface area contributed by atoms with Crippen molar-refractivity contribution in [1.29, 1.82) is 0 Å². The molecular formula is C30H37N5O5S. The number of fused-ring (bicyclic) bond motifs is 2. The summed E-state index contributed by atoms with van der Waals surface area (Å²) in [6, 6.07) is 11.6. The lowest BCUT2D eigenvalue weighted by atomic mass is 9.93. The molecule has 41 heavy (non-hydrogen) atoms. The highest BCUT2D eigenvalue weighted by Crippen LogP contribution is 2.30. The molecule has 3 N–H and O–H groups in total. The van der Waals surface area contributed by atoms with Gasteiger partial charge in [0.2, 0.25) is 5.91 Å². The van der Waals surface area contributed by atoms with Gasteiger partial charge in [-0.05, 0) is 82.0 Å². The second kappa shape index (κ2) is 12.6. The second-order valence-corrected chi connectivity index (χ2v) is 12.3. The molecule has 1 unspecified atom stereocenters. The van der Waals surface area contributed by atoms with Crippen molar-refractivity contribution in [2.45, 2.75) is 75.3 Å². The second-order valence-electron chi connectivity index (χ2n) is 11.3. The van der Waals surface area contributed by atoms with E-state index in [1.165, 1.54) is 11.8 Å². The van der Waals surface area contributed by atoms with E-state index < -0.39 is 11.7 Å². The number of carbonyl (C=O) groups excluding carboxylic acids is 2. The van der Waals surface area contributed by atoms with Crippen LogP contribution < -0.4 is 20.7 Å². The zero-order valence-corrected chi connectivity index (χ0v) is 24.7. The first-order valence-electron chi connectivity index (χ1n) is 13.9. The molecule has 0 spiro atoms. The molecule has 0 bridgehead atoms. The first kappa shape index (κ1) is 29.1. The zero-order valence-electron chi connectivity index (χ0n) is 23.9. The normalized spacial score (nSPS) is 19.7. The minimum absolute atomic E-state index is 0.0275. The number of amides is 2. The van der Waals surface area contributed by atoms with E-state index in [0.29, 0.717) is 31.1 Å². The van der Waals surface area contributed by atoms with Gasteiger partial charge in [0.1, 0.15) is 17.2 Å². The van der Waals surface area contributed by atoms with E-state index in [9.17, 15) is 9.59 Å². The van der Waals surface area contributed by atoms with Crippen LogP contribution in [0.3, 0.4) is 0 Å². The zero-order chi connectivity index (χ0) is 29.0. The maximum Gasteiger partial charge on any atom is 0.407 e. The first-order valence-corrected chi connectivity index (χ1v) is 14.8. The molecule has 5 rings (SSSR count). The van der Waals surface area contributed by atoms with Gasteiger partial charge in [0.05, 0.1) is 47.7 Å². The van der Waals surface area contributed by atoms with Gasteiger partial charge in [-0.15, -0.1) is 11.8 Å². The highest BCUT2D eigenvalue weighted by atomic mass is 32.2. The number of ether oxygens (including phenoxy) is 3. The average molecular weight is 580 g/mol. The largest absolute Gasteiger partial charge is 0.497 e. The number of alkyl carbamates (subject to hydrolysis) is 1. The summed E-state index contributed by atoms with van der Waals surface area (Å²) < 4.78 is 17.4. The molecule has 0 saturated carbocycles. The molecule has 3 aromatic rings. The predicted octanol–water partition coefficient (Wildman–Crippen LogP) is 4.46. The Morgan fingerprint density at radius 2 is 2.07 bits per heavy atom. The van der Waals surface area contributed by atoms with Gasteiger partial charge in [0, 0.05) is 24.2 Å². The number of carbonyl (C=O) groups is 2. The van der Waals surface area contributed by atoms with E-state index in [-0.39, 0.29) is 24.1 Å². The van der Waals surface area contributed by atoms with Crippen LogP contribution in [0, 0.1) is 0 Å². The fourth-order valence-electron chi connectivity index (χ4n) is 5.06. The minimum atomic E-state index is -0.611. The van der Waals surface area contributed by atoms with Crippen LogP contribution in [0.25, 0.3) is 10.9 Å². The lowest BCUT2D eigenvalue weighted by Gasteiger charge is -2.35. The van der Waals surface area contributed by atoms with Crippen LogP contribution in [0.15, 0.2) is 47.5 Å². The monoisotopic (exact) mass is 579 g/mol. The Bertz CT molecular complexity index is 1400. The molecule has 1 aromatic carbocycles. The first-order chi connectivity index (χ1) is 19.7. The Balaban J connectivity index is 1.25. The van der Waals surface area contributed by atoms with Crippen LogP contribution in [0.4, 0.5) is 10.6 Å². The smallest absolute Gasteiger partial charge is 0.407 e. The van der Waals surface area contributed by atoms with Crippen molar-refractivity contribution in [3.63, 3.8) is 0 Å². The van der Waals surface area contributed by atoms with E-state index in [1.54, 1.807) is 13.3 Å². The fraction of sp³-hybridized carbons (Fsp3) is 0.467. The summed E-state index contributed by atoms with van der Waals surface area (Å²) in [5.74, 6) is 1.77. The summed E-state index contributed by atoms with van der Waals surface area (Å²) in [7, 11) is 1.64. The Kier molecular flexibility index (Phi) is 8.96. The van der Waals surface area contributed by atoms with Gasteiger partial charge in [-0.1, -0.05) is 0 Å². The van der Waals surface area contributed by atoms with E-state index in [2.05, 4.69) is 25.9 Å². The highest BCUT2D eigenvalue weighted by Gasteiger charge is 2.31. The number of nitrogens with zero attached hydrogens (tertiary/aromatic N) is 2. The summed E-state index contributed by atoms with van der Waals surface area (Å²) in [5, 5.41) is 10.4. The molecule has 0 aliphatic carbocycles. The SMILES string of the molecule is COc1ccc2nccc(CC(NC(=O)OC(C)(C)C)[C@@H]3CC[C@@H](NCc4ccc5c(n4)NC(=O)CS5)CO3)c2c1. The molecule has 2 aliphatic rings. The molecule has 4 heterocycles. The van der Waals surface area contributed by atoms with E-state index in [0.717, 1.165) is 45.6 Å². The Labute approximate surface area is 244 Å². The number of hydrogen-bond acceptors (Lipinski definition) is 9. The third kappa shape index (κ3) is 7.66. The number of rotatable bonds is 8. The quantitative estimate of drug-likeness (QED) is 0.355. The van der Waals surface area contributed by atoms with Crippen molar-refractivity contribution in [2.24, 2.45) is 0 Å². The van der Waals surface area contributed by atoms with Gasteiger partial charge in [-0.2, -0.15) is 0 Å². The van der Waals surface area contributed by atoms with Gasteiger partial charge < -0.3 is 30.2 Å². The van der Waals surface area contributed by atoms with Gasteiger partial charge in [-0.3, -0.25) is 9.78 Å². The Hall–Kier alpha value is -3.41. The van der Waals surface area contributed by atoms with Crippen molar-refractivity contribution in [3.8, 4) is 5.75 Å². The summed E-state index contributed by atoms with van der Waals surface area (Å²) in [4.78, 5) is 34.7. The van der Waals surface area contributed by atoms with E-state index in [1.807, 2.05) is 57.2 Å². The third-order valence-electron chi connectivity index (χ3n) is 7.05. The van der Waals surface area contributed by atoms with Gasteiger partial charge >= 0.3 is 6.09 Å². The Morgan fingerprint density at radius 1 is 1.22 bits per heavy atom. The summed E-state index contributed by atoms with van der Waals surface area (Å²) >= 11 is 1.50. The molecular weight excluding hydrogens is 542 g/mol. The van der Waals surface area contributed by atoms with Crippen molar-refractivity contribution in [3.05, 3.63) is 53.9 Å². The molecule has 11 heteroatoms. The van der Waals surface area contributed by atoms with Crippen LogP contribution in [-0.2, 0) is 27.2 Å². The Morgan fingerprint density at radius 3 is 2.83 bits per heavy atom. The molecule has 0 radical (unpaired) electrons. The van der Waals surface area contributed by atoms with Crippen LogP contribution in [0.5, 0.6) is 5.75 Å². The van der Waals surface area contributed by atoms with E-state index >= 15 is 0 Å². The van der Waals surface area contributed by atoms with Gasteiger partial charge in [-0.25, -0.2) is 9.78 Å². The maximum absolute atomic E-state index is 12.8. The number of benzene rings is 1. The summed E-state index contributed by atoms with van der Waals surface area (Å²) in [5.41, 5.74) is 2.16. The lowest BCUT2D eigenvalue weighted by Crippen LogP contribution is -2.51. The third-order valence-corrected chi connectivity index (χ3v) is 8.09. The molecule has 2 aromatic heterocycles. The lowest BCUT2D eigenvalue weighted by molar-refractivity contribution is -0.113. The number of thioether (sulfide) groups is 1. The van der Waals surface area contributed by atoms with Crippen LogP contribution in [0.2, 0.25) is 0 Å². The van der Waals surface area contributed by atoms with Crippen molar-refractivity contribution < 1.29 is 23.8 Å². The molecule has 3 atom stereocenters.